The third kappa shape index (κ3) is 5.16. The smallest absolute Gasteiger partial charge is 0.292 e. The summed E-state index contributed by atoms with van der Waals surface area (Å²) in [5.41, 5.74) is 6.43. The largest absolute Gasteiger partial charge is 0.459 e. The normalized spacial score (nSPS) is 11.0. The number of hydrazone groups is 1. The van der Waals surface area contributed by atoms with Gasteiger partial charge in [0.2, 0.25) is 5.13 Å². The minimum Gasteiger partial charge on any atom is -0.459 e. The molecule has 2 N–H and O–H groups in total. The molecule has 4 aromatic rings. The second-order valence-corrected chi connectivity index (χ2v) is 8.43. The van der Waals surface area contributed by atoms with Gasteiger partial charge in [0.15, 0.2) is 5.76 Å². The number of nitrogens with one attached hydrogen (secondary N) is 2. The fourth-order valence-electron chi connectivity index (χ4n) is 2.85. The lowest BCUT2D eigenvalue weighted by molar-refractivity contribution is 0.0997. The maximum atomic E-state index is 12.5. The van der Waals surface area contributed by atoms with E-state index in [1.165, 1.54) is 17.6 Å². The fraction of sp³-hybridized carbons (Fsp3) is 0.0870. The Hall–Kier alpha value is -3.62. The van der Waals surface area contributed by atoms with Gasteiger partial charge in [-0.3, -0.25) is 10.2 Å². The first-order chi connectivity index (χ1) is 15.5. The Morgan fingerprint density at radius 3 is 2.53 bits per heavy atom. The predicted molar refractivity (Wildman–Crippen MR) is 131 cm³/mol. The van der Waals surface area contributed by atoms with Crippen LogP contribution in [0.15, 0.2) is 76.4 Å². The van der Waals surface area contributed by atoms with E-state index in [-0.39, 0.29) is 11.7 Å². The van der Waals surface area contributed by atoms with E-state index in [1.54, 1.807) is 30.5 Å². The average Bonchev–Trinajstić information content (AvgIpc) is 3.45. The Kier molecular flexibility index (Phi) is 6.53. The summed E-state index contributed by atoms with van der Waals surface area (Å²) < 4.78 is 5.19. The van der Waals surface area contributed by atoms with E-state index in [4.69, 9.17) is 16.0 Å². The Balaban J connectivity index is 1.55. The quantitative estimate of drug-likeness (QED) is 0.265. The van der Waals surface area contributed by atoms with Crippen LogP contribution in [0.3, 0.4) is 0 Å². The second-order valence-electron chi connectivity index (χ2n) is 6.99. The van der Waals surface area contributed by atoms with Gasteiger partial charge >= 0.3 is 0 Å². The molecule has 7 nitrogen and oxygen atoms in total. The van der Waals surface area contributed by atoms with E-state index in [0.717, 1.165) is 16.8 Å². The zero-order valence-electron chi connectivity index (χ0n) is 17.4. The lowest BCUT2D eigenvalue weighted by Gasteiger charge is -2.11. The molecule has 2 aromatic heterocycles. The van der Waals surface area contributed by atoms with Crippen molar-refractivity contribution in [3.05, 3.63) is 83.3 Å². The number of aromatic nitrogens is 1. The van der Waals surface area contributed by atoms with Gasteiger partial charge < -0.3 is 14.6 Å². The van der Waals surface area contributed by atoms with Gasteiger partial charge in [0.05, 0.1) is 12.5 Å². The van der Waals surface area contributed by atoms with Crippen molar-refractivity contribution >= 4 is 50.9 Å². The first kappa shape index (κ1) is 21.6. The molecule has 2 aromatic carbocycles. The van der Waals surface area contributed by atoms with Gasteiger partial charge in [-0.1, -0.05) is 47.2 Å². The summed E-state index contributed by atoms with van der Waals surface area (Å²) in [5, 5.41) is 8.87. The molecule has 0 radical (unpaired) electrons. The first-order valence-electron chi connectivity index (χ1n) is 9.67. The van der Waals surface area contributed by atoms with Crippen molar-refractivity contribution in [1.29, 1.82) is 0 Å². The van der Waals surface area contributed by atoms with Crippen LogP contribution in [0.2, 0.25) is 5.02 Å². The number of halogens is 1. The van der Waals surface area contributed by atoms with Crippen molar-refractivity contribution in [2.24, 2.45) is 5.10 Å². The maximum Gasteiger partial charge on any atom is 0.292 e. The molecular formula is C23H20ClN5O2S. The molecule has 0 aliphatic rings. The number of hydrogen-bond acceptors (Lipinski definition) is 7. The van der Waals surface area contributed by atoms with Gasteiger partial charge in [0.25, 0.3) is 5.91 Å². The van der Waals surface area contributed by atoms with Gasteiger partial charge in [-0.25, -0.2) is 4.98 Å². The highest BCUT2D eigenvalue weighted by molar-refractivity contribution is 7.20. The SMILES string of the molecule is CN(C)c1ccc(/C=N\Nc2nc(-c3ccc(Cl)cc3)c(NC(=O)c3ccco3)s2)cc1. The molecule has 0 spiro atoms. The van der Waals surface area contributed by atoms with Crippen LogP contribution in [-0.2, 0) is 0 Å². The Morgan fingerprint density at radius 1 is 1.12 bits per heavy atom. The Labute approximate surface area is 194 Å². The van der Waals surface area contributed by atoms with Crippen molar-refractivity contribution in [3.8, 4) is 11.3 Å². The van der Waals surface area contributed by atoms with Crippen molar-refractivity contribution in [2.75, 3.05) is 29.7 Å². The van der Waals surface area contributed by atoms with E-state index >= 15 is 0 Å². The fourth-order valence-corrected chi connectivity index (χ4v) is 3.81. The van der Waals surface area contributed by atoms with Crippen LogP contribution in [0.4, 0.5) is 15.8 Å². The highest BCUT2D eigenvalue weighted by Crippen LogP contribution is 2.36. The standard InChI is InChI=1S/C23H20ClN5O2S/c1-29(2)18-11-5-15(6-12-18)14-25-28-23-26-20(16-7-9-17(24)10-8-16)22(32-23)27-21(30)19-4-3-13-31-19/h3-14H,1-2H3,(H,26,28)(H,27,30)/b25-14-. The van der Waals surface area contributed by atoms with Crippen molar-refractivity contribution < 1.29 is 9.21 Å². The summed E-state index contributed by atoms with van der Waals surface area (Å²) in [6.07, 6.45) is 3.17. The van der Waals surface area contributed by atoms with Crippen LogP contribution in [0.25, 0.3) is 11.3 Å². The molecule has 0 aliphatic heterocycles. The van der Waals surface area contributed by atoms with E-state index in [1.807, 2.05) is 55.4 Å². The summed E-state index contributed by atoms with van der Waals surface area (Å²) in [5.74, 6) is -0.140. The number of benzene rings is 2. The molecular weight excluding hydrogens is 446 g/mol. The molecule has 0 saturated heterocycles. The molecule has 9 heteroatoms. The summed E-state index contributed by atoms with van der Waals surface area (Å²) in [4.78, 5) is 19.1. The third-order valence-electron chi connectivity index (χ3n) is 4.50. The molecule has 0 saturated carbocycles. The average molecular weight is 466 g/mol. The summed E-state index contributed by atoms with van der Waals surface area (Å²) in [6.45, 7) is 0. The maximum absolute atomic E-state index is 12.5. The molecule has 0 atom stereocenters. The van der Waals surface area contributed by atoms with Crippen molar-refractivity contribution in [3.63, 3.8) is 0 Å². The van der Waals surface area contributed by atoms with Crippen LogP contribution in [0, 0.1) is 0 Å². The molecule has 1 amide bonds. The topological polar surface area (TPSA) is 82.8 Å². The zero-order valence-corrected chi connectivity index (χ0v) is 18.9. The molecule has 0 fully saturated rings. The highest BCUT2D eigenvalue weighted by atomic mass is 35.5. The van der Waals surface area contributed by atoms with Gasteiger partial charge in [0, 0.05) is 30.4 Å². The molecule has 162 valence electrons. The second kappa shape index (κ2) is 9.67. The number of rotatable bonds is 7. The number of nitrogens with zero attached hydrogens (tertiary/aromatic N) is 3. The number of furan rings is 1. The van der Waals surface area contributed by atoms with Gasteiger partial charge in [-0.2, -0.15) is 5.10 Å². The Morgan fingerprint density at radius 2 is 1.88 bits per heavy atom. The number of thiazole rings is 1. The van der Waals surface area contributed by atoms with E-state index in [9.17, 15) is 4.79 Å². The number of carbonyl (C=O) groups is 1. The van der Waals surface area contributed by atoms with Gasteiger partial charge in [-0.05, 0) is 42.0 Å². The molecule has 2 heterocycles. The van der Waals surface area contributed by atoms with E-state index < -0.39 is 0 Å². The summed E-state index contributed by atoms with van der Waals surface area (Å²) in [7, 11) is 3.99. The van der Waals surface area contributed by atoms with Crippen molar-refractivity contribution in [2.45, 2.75) is 0 Å². The minimum absolute atomic E-state index is 0.217. The number of anilines is 3. The van der Waals surface area contributed by atoms with Crippen LogP contribution in [-0.4, -0.2) is 31.2 Å². The van der Waals surface area contributed by atoms with Crippen LogP contribution >= 0.6 is 22.9 Å². The number of amides is 1. The summed E-state index contributed by atoms with van der Waals surface area (Å²) in [6, 6.07) is 18.5. The molecule has 0 bridgehead atoms. The highest BCUT2D eigenvalue weighted by Gasteiger charge is 2.17. The Bertz CT molecular complexity index is 1220. The lowest BCUT2D eigenvalue weighted by atomic mass is 10.1. The first-order valence-corrected chi connectivity index (χ1v) is 10.9. The van der Waals surface area contributed by atoms with Crippen LogP contribution in [0.1, 0.15) is 16.1 Å². The monoisotopic (exact) mass is 465 g/mol. The molecule has 32 heavy (non-hydrogen) atoms. The minimum atomic E-state index is -0.357. The van der Waals surface area contributed by atoms with Crippen LogP contribution in [0.5, 0.6) is 0 Å². The molecule has 0 unspecified atom stereocenters. The number of carbonyl (C=O) groups excluding carboxylic acids is 1. The molecule has 0 aliphatic carbocycles. The predicted octanol–water partition coefficient (Wildman–Crippen LogP) is 5.82. The van der Waals surface area contributed by atoms with Crippen molar-refractivity contribution in [1.82, 2.24) is 4.98 Å². The van der Waals surface area contributed by atoms with Crippen LogP contribution < -0.4 is 15.6 Å². The van der Waals surface area contributed by atoms with Gasteiger partial charge in [-0.15, -0.1) is 0 Å². The molecule has 4 rings (SSSR count). The van der Waals surface area contributed by atoms with E-state index in [2.05, 4.69) is 20.8 Å². The zero-order chi connectivity index (χ0) is 22.5. The van der Waals surface area contributed by atoms with Gasteiger partial charge in [0.1, 0.15) is 10.7 Å². The summed E-state index contributed by atoms with van der Waals surface area (Å²) >= 11 is 7.29. The van der Waals surface area contributed by atoms with E-state index in [0.29, 0.717) is 20.8 Å². The number of hydrogen-bond donors (Lipinski definition) is 2. The lowest BCUT2D eigenvalue weighted by Crippen LogP contribution is -2.10. The third-order valence-corrected chi connectivity index (χ3v) is 5.63.